The van der Waals surface area contributed by atoms with Gasteiger partial charge in [0, 0.05) is 17.8 Å². The Morgan fingerprint density at radius 1 is 1.50 bits per heavy atom. The molecule has 1 aromatic heterocycles. The average molecular weight is 261 g/mol. The van der Waals surface area contributed by atoms with Crippen LogP contribution in [-0.2, 0) is 6.54 Å². The van der Waals surface area contributed by atoms with E-state index in [1.807, 2.05) is 25.3 Å². The molecule has 0 aliphatic carbocycles. The molecule has 0 aliphatic rings. The summed E-state index contributed by atoms with van der Waals surface area (Å²) in [6, 6.07) is 9.29. The van der Waals surface area contributed by atoms with Crippen LogP contribution in [-0.4, -0.2) is 15.8 Å². The number of nitriles is 1. The van der Waals surface area contributed by atoms with Crippen molar-refractivity contribution in [1.29, 1.82) is 5.26 Å². The van der Waals surface area contributed by atoms with Gasteiger partial charge < -0.3 is 5.73 Å². The largest absolute Gasteiger partial charge is 0.326 e. The van der Waals surface area contributed by atoms with Crippen molar-refractivity contribution in [2.45, 2.75) is 19.5 Å². The van der Waals surface area contributed by atoms with E-state index in [1.54, 1.807) is 16.8 Å². The van der Waals surface area contributed by atoms with Crippen LogP contribution in [0.2, 0.25) is 5.02 Å². The number of benzene rings is 1. The molecule has 5 heteroatoms. The third-order valence-corrected chi connectivity index (χ3v) is 2.92. The summed E-state index contributed by atoms with van der Waals surface area (Å²) in [6.45, 7) is 2.57. The second kappa shape index (κ2) is 5.21. The Morgan fingerprint density at radius 2 is 2.28 bits per heavy atom. The minimum atomic E-state index is 0.0404. The van der Waals surface area contributed by atoms with Crippen molar-refractivity contribution in [3.8, 4) is 17.3 Å². The topological polar surface area (TPSA) is 67.6 Å². The SMILES string of the molecule is CC(N)Cn1ccc(-c2cccc(C#N)c2Cl)n1. The summed E-state index contributed by atoms with van der Waals surface area (Å²) in [5.41, 5.74) is 7.68. The van der Waals surface area contributed by atoms with Gasteiger partial charge in [0.05, 0.1) is 22.8 Å². The summed E-state index contributed by atoms with van der Waals surface area (Å²) in [4.78, 5) is 0. The molecule has 0 spiro atoms. The van der Waals surface area contributed by atoms with Crippen LogP contribution in [0, 0.1) is 11.3 Å². The standard InChI is InChI=1S/C13H13ClN4/c1-9(16)8-18-6-5-12(17-18)11-4-2-3-10(7-15)13(11)14/h2-6,9H,8,16H2,1H3. The van der Waals surface area contributed by atoms with E-state index in [0.717, 1.165) is 11.3 Å². The zero-order valence-corrected chi connectivity index (χ0v) is 10.7. The summed E-state index contributed by atoms with van der Waals surface area (Å²) in [5, 5.41) is 13.8. The molecule has 1 heterocycles. The van der Waals surface area contributed by atoms with Gasteiger partial charge in [-0.1, -0.05) is 23.7 Å². The number of hydrogen-bond acceptors (Lipinski definition) is 3. The molecule has 0 saturated heterocycles. The van der Waals surface area contributed by atoms with Gasteiger partial charge in [-0.25, -0.2) is 0 Å². The van der Waals surface area contributed by atoms with Crippen LogP contribution in [0.25, 0.3) is 11.3 Å². The van der Waals surface area contributed by atoms with Crippen molar-refractivity contribution in [3.05, 3.63) is 41.0 Å². The van der Waals surface area contributed by atoms with Gasteiger partial charge in [0.2, 0.25) is 0 Å². The van der Waals surface area contributed by atoms with E-state index in [9.17, 15) is 0 Å². The highest BCUT2D eigenvalue weighted by atomic mass is 35.5. The van der Waals surface area contributed by atoms with Gasteiger partial charge >= 0.3 is 0 Å². The van der Waals surface area contributed by atoms with Crippen LogP contribution < -0.4 is 5.73 Å². The monoisotopic (exact) mass is 260 g/mol. The second-order valence-corrected chi connectivity index (χ2v) is 4.56. The van der Waals surface area contributed by atoms with E-state index in [1.165, 1.54) is 0 Å². The highest BCUT2D eigenvalue weighted by Crippen LogP contribution is 2.29. The first kappa shape index (κ1) is 12.6. The van der Waals surface area contributed by atoms with Crippen molar-refractivity contribution in [2.24, 2.45) is 5.73 Å². The molecular weight excluding hydrogens is 248 g/mol. The lowest BCUT2D eigenvalue weighted by Gasteiger charge is -2.05. The van der Waals surface area contributed by atoms with Crippen LogP contribution in [0.3, 0.4) is 0 Å². The van der Waals surface area contributed by atoms with E-state index in [-0.39, 0.29) is 6.04 Å². The highest BCUT2D eigenvalue weighted by Gasteiger charge is 2.10. The first-order valence-corrected chi connectivity index (χ1v) is 5.97. The molecule has 2 aromatic rings. The van der Waals surface area contributed by atoms with Crippen molar-refractivity contribution in [3.63, 3.8) is 0 Å². The van der Waals surface area contributed by atoms with Gasteiger partial charge in [0.1, 0.15) is 6.07 Å². The van der Waals surface area contributed by atoms with E-state index in [2.05, 4.69) is 11.2 Å². The fraction of sp³-hybridized carbons (Fsp3) is 0.231. The Bertz CT molecular complexity index is 595. The summed E-state index contributed by atoms with van der Waals surface area (Å²) in [7, 11) is 0. The van der Waals surface area contributed by atoms with Gasteiger partial charge in [-0.05, 0) is 19.1 Å². The average Bonchev–Trinajstić information content (AvgIpc) is 2.76. The predicted octanol–water partition coefficient (Wildman–Crippen LogP) is 2.42. The van der Waals surface area contributed by atoms with Gasteiger partial charge in [-0.2, -0.15) is 10.4 Å². The number of halogens is 1. The Kier molecular flexibility index (Phi) is 3.66. The summed E-state index contributed by atoms with van der Waals surface area (Å²) in [5.74, 6) is 0. The molecule has 1 aromatic carbocycles. The van der Waals surface area contributed by atoms with Crippen molar-refractivity contribution < 1.29 is 0 Å². The lowest BCUT2D eigenvalue weighted by atomic mass is 10.1. The van der Waals surface area contributed by atoms with Gasteiger partial charge in [0.15, 0.2) is 0 Å². The number of aromatic nitrogens is 2. The molecule has 0 fully saturated rings. The molecule has 0 saturated carbocycles. The normalized spacial score (nSPS) is 12.1. The minimum Gasteiger partial charge on any atom is -0.326 e. The summed E-state index contributed by atoms with van der Waals surface area (Å²) < 4.78 is 1.77. The first-order chi connectivity index (χ1) is 8.61. The fourth-order valence-electron chi connectivity index (χ4n) is 1.72. The smallest absolute Gasteiger partial charge is 0.101 e. The maximum absolute atomic E-state index is 8.94. The zero-order valence-electron chi connectivity index (χ0n) is 9.97. The molecular formula is C13H13ClN4. The molecule has 0 radical (unpaired) electrons. The number of hydrogen-bond donors (Lipinski definition) is 1. The zero-order chi connectivity index (χ0) is 13.1. The Morgan fingerprint density at radius 3 is 2.94 bits per heavy atom. The molecule has 1 atom stereocenters. The van der Waals surface area contributed by atoms with E-state index in [0.29, 0.717) is 17.1 Å². The van der Waals surface area contributed by atoms with Crippen LogP contribution >= 0.6 is 11.6 Å². The van der Waals surface area contributed by atoms with Crippen molar-refractivity contribution in [2.75, 3.05) is 0 Å². The first-order valence-electron chi connectivity index (χ1n) is 5.60. The minimum absolute atomic E-state index is 0.0404. The fourth-order valence-corrected chi connectivity index (χ4v) is 1.98. The van der Waals surface area contributed by atoms with E-state index >= 15 is 0 Å². The molecule has 18 heavy (non-hydrogen) atoms. The van der Waals surface area contributed by atoms with Crippen molar-refractivity contribution >= 4 is 11.6 Å². The van der Waals surface area contributed by atoms with Gasteiger partial charge in [0.25, 0.3) is 0 Å². The van der Waals surface area contributed by atoms with Gasteiger partial charge in [-0.3, -0.25) is 4.68 Å². The van der Waals surface area contributed by atoms with E-state index < -0.39 is 0 Å². The highest BCUT2D eigenvalue weighted by molar-refractivity contribution is 6.34. The van der Waals surface area contributed by atoms with Crippen LogP contribution in [0.5, 0.6) is 0 Å². The maximum Gasteiger partial charge on any atom is 0.101 e. The lowest BCUT2D eigenvalue weighted by molar-refractivity contribution is 0.540. The molecule has 4 nitrogen and oxygen atoms in total. The molecule has 1 unspecified atom stereocenters. The Labute approximate surface area is 111 Å². The third kappa shape index (κ3) is 2.53. The number of nitrogens with zero attached hydrogens (tertiary/aromatic N) is 3. The summed E-state index contributed by atoms with van der Waals surface area (Å²) in [6.07, 6.45) is 1.86. The number of rotatable bonds is 3. The van der Waals surface area contributed by atoms with Crippen LogP contribution in [0.1, 0.15) is 12.5 Å². The molecule has 0 aliphatic heterocycles. The molecule has 2 N–H and O–H groups in total. The van der Waals surface area contributed by atoms with E-state index in [4.69, 9.17) is 22.6 Å². The predicted molar refractivity (Wildman–Crippen MR) is 71.0 cm³/mol. The van der Waals surface area contributed by atoms with Crippen LogP contribution in [0.15, 0.2) is 30.5 Å². The quantitative estimate of drug-likeness (QED) is 0.922. The maximum atomic E-state index is 8.94. The Balaban J connectivity index is 2.38. The summed E-state index contributed by atoms with van der Waals surface area (Å²) >= 11 is 6.16. The molecule has 92 valence electrons. The Hall–Kier alpha value is -1.83. The third-order valence-electron chi connectivity index (χ3n) is 2.51. The molecule has 0 amide bonds. The van der Waals surface area contributed by atoms with Gasteiger partial charge in [-0.15, -0.1) is 0 Å². The number of nitrogens with two attached hydrogens (primary N) is 1. The van der Waals surface area contributed by atoms with Crippen LogP contribution in [0.4, 0.5) is 0 Å². The molecule has 0 bridgehead atoms. The van der Waals surface area contributed by atoms with Crippen molar-refractivity contribution in [1.82, 2.24) is 9.78 Å². The lowest BCUT2D eigenvalue weighted by Crippen LogP contribution is -2.22. The molecule has 2 rings (SSSR count). The second-order valence-electron chi connectivity index (χ2n) is 4.18.